The number of nitrogens with one attached hydrogen (secondary N) is 1. The highest BCUT2D eigenvalue weighted by Gasteiger charge is 2.14. The molecule has 0 radical (unpaired) electrons. The average Bonchev–Trinajstić information content (AvgIpc) is 3.58. The molecule has 2 aromatic carbocycles. The van der Waals surface area contributed by atoms with Crippen molar-refractivity contribution in [3.63, 3.8) is 0 Å². The van der Waals surface area contributed by atoms with Crippen LogP contribution in [-0.4, -0.2) is 50.1 Å². The van der Waals surface area contributed by atoms with Gasteiger partial charge in [0.05, 0.1) is 26.5 Å². The lowest BCUT2D eigenvalue weighted by molar-refractivity contribution is 0.0923. The number of rotatable bonds is 9. The van der Waals surface area contributed by atoms with Gasteiger partial charge in [-0.3, -0.25) is 4.79 Å². The van der Waals surface area contributed by atoms with Crippen LogP contribution in [0.4, 0.5) is 5.69 Å². The second-order valence-corrected chi connectivity index (χ2v) is 9.22. The molecule has 0 spiro atoms. The first-order valence-electron chi connectivity index (χ1n) is 12.8. The Morgan fingerprint density at radius 3 is 2.41 bits per heavy atom. The number of hydrogen-bond acceptors (Lipinski definition) is 7. The minimum atomic E-state index is -0.455. The maximum absolute atomic E-state index is 12.5. The van der Waals surface area contributed by atoms with E-state index >= 15 is 0 Å². The molecule has 5 rings (SSSR count). The van der Waals surface area contributed by atoms with Crippen LogP contribution >= 0.6 is 0 Å². The fourth-order valence-corrected chi connectivity index (χ4v) is 4.54. The second kappa shape index (κ2) is 11.9. The molecule has 0 unspecified atom stereocenters. The Kier molecular flexibility index (Phi) is 7.98. The molecule has 0 bridgehead atoms. The molecule has 0 saturated carbocycles. The fraction of sp³-hybridized carbons (Fsp3) is 0.267. The fourth-order valence-electron chi connectivity index (χ4n) is 4.54. The van der Waals surface area contributed by atoms with E-state index in [-0.39, 0.29) is 12.4 Å². The smallest absolute Gasteiger partial charge is 0.307 e. The number of carbonyl (C=O) groups is 1. The Hall–Kier alpha value is -4.50. The molecule has 39 heavy (non-hydrogen) atoms. The van der Waals surface area contributed by atoms with Crippen molar-refractivity contribution < 1.29 is 23.4 Å². The van der Waals surface area contributed by atoms with E-state index < -0.39 is 5.91 Å². The number of morpholine rings is 1. The third-order valence-corrected chi connectivity index (χ3v) is 6.60. The number of aryl methyl sites for hydroxylation is 2. The summed E-state index contributed by atoms with van der Waals surface area (Å²) in [4.78, 5) is 14.8. The molecule has 9 heteroatoms. The van der Waals surface area contributed by atoms with Gasteiger partial charge in [-0.2, -0.15) is 5.10 Å². The van der Waals surface area contributed by atoms with Crippen LogP contribution in [0, 0.1) is 13.8 Å². The van der Waals surface area contributed by atoms with Gasteiger partial charge >= 0.3 is 5.91 Å². The summed E-state index contributed by atoms with van der Waals surface area (Å²) in [6.07, 6.45) is 1.55. The largest absolute Gasteiger partial charge is 0.496 e. The third kappa shape index (κ3) is 6.15. The number of nitrogens with zero attached hydrogens (tertiary/aromatic N) is 3. The van der Waals surface area contributed by atoms with E-state index in [1.807, 2.05) is 42.5 Å². The number of benzene rings is 2. The van der Waals surface area contributed by atoms with Crippen molar-refractivity contribution in [1.29, 1.82) is 0 Å². The van der Waals surface area contributed by atoms with Crippen LogP contribution in [0.5, 0.6) is 11.5 Å². The summed E-state index contributed by atoms with van der Waals surface area (Å²) in [5, 5.41) is 4.08. The lowest BCUT2D eigenvalue weighted by Crippen LogP contribution is -2.36. The number of hydrazone groups is 1. The molecule has 0 atom stereocenters. The first kappa shape index (κ1) is 26.1. The van der Waals surface area contributed by atoms with Gasteiger partial charge in [-0.25, -0.2) is 5.43 Å². The van der Waals surface area contributed by atoms with Crippen LogP contribution in [0.2, 0.25) is 0 Å². The van der Waals surface area contributed by atoms with Gasteiger partial charge in [0, 0.05) is 47.5 Å². The van der Waals surface area contributed by atoms with Crippen molar-refractivity contribution in [2.24, 2.45) is 5.10 Å². The summed E-state index contributed by atoms with van der Waals surface area (Å²) >= 11 is 0. The highest BCUT2D eigenvalue weighted by atomic mass is 16.5. The SMILES string of the molecule is COc1cc(N2CCOCC2)ccc1/C=N/NC(=O)c1ccc(COc2ccc(-n3c(C)ccc3C)cc2)o1. The molecule has 1 aliphatic heterocycles. The summed E-state index contributed by atoms with van der Waals surface area (Å²) in [5.41, 5.74) is 7.73. The van der Waals surface area contributed by atoms with E-state index in [0.717, 1.165) is 30.0 Å². The Balaban J connectivity index is 1.14. The van der Waals surface area contributed by atoms with E-state index in [1.54, 1.807) is 25.5 Å². The van der Waals surface area contributed by atoms with Gasteiger partial charge < -0.3 is 28.1 Å². The first-order chi connectivity index (χ1) is 19.0. The maximum atomic E-state index is 12.5. The molecule has 1 saturated heterocycles. The van der Waals surface area contributed by atoms with Gasteiger partial charge in [-0.05, 0) is 74.5 Å². The number of methoxy groups -OCH3 is 1. The lowest BCUT2D eigenvalue weighted by atomic mass is 10.1. The molecule has 0 aliphatic carbocycles. The Labute approximate surface area is 227 Å². The van der Waals surface area contributed by atoms with E-state index in [4.69, 9.17) is 18.6 Å². The van der Waals surface area contributed by atoms with Gasteiger partial charge in [-0.15, -0.1) is 0 Å². The first-order valence-corrected chi connectivity index (χ1v) is 12.8. The van der Waals surface area contributed by atoms with E-state index in [9.17, 15) is 4.79 Å². The number of furan rings is 1. The molecule has 1 fully saturated rings. The monoisotopic (exact) mass is 528 g/mol. The molecule has 3 heterocycles. The predicted molar refractivity (Wildman–Crippen MR) is 149 cm³/mol. The quantitative estimate of drug-likeness (QED) is 0.246. The number of hydrogen-bond donors (Lipinski definition) is 1. The van der Waals surface area contributed by atoms with Crippen LogP contribution in [0.25, 0.3) is 5.69 Å². The number of anilines is 1. The predicted octanol–water partition coefficient (Wildman–Crippen LogP) is 4.88. The zero-order valence-electron chi connectivity index (χ0n) is 22.3. The number of ether oxygens (including phenoxy) is 3. The van der Waals surface area contributed by atoms with Crippen molar-refractivity contribution >= 4 is 17.8 Å². The topological polar surface area (TPSA) is 90.5 Å². The van der Waals surface area contributed by atoms with Crippen LogP contribution < -0.4 is 19.8 Å². The average molecular weight is 529 g/mol. The van der Waals surface area contributed by atoms with Gasteiger partial charge in [0.15, 0.2) is 5.76 Å². The molecule has 1 amide bonds. The summed E-state index contributed by atoms with van der Waals surface area (Å²) in [6, 6.07) is 21.2. The number of aromatic nitrogens is 1. The molecule has 9 nitrogen and oxygen atoms in total. The van der Waals surface area contributed by atoms with Gasteiger partial charge in [-0.1, -0.05) is 0 Å². The molecular formula is C30H32N4O5. The molecule has 1 aliphatic rings. The standard InChI is InChI=1S/C30H32N4O5/c1-21-4-5-22(2)34(21)24-8-10-26(11-9-24)38-20-27-12-13-28(39-27)30(35)32-31-19-23-6-7-25(18-29(23)36-3)33-14-16-37-17-15-33/h4-13,18-19H,14-17,20H2,1-3H3,(H,32,35)/b31-19+. The lowest BCUT2D eigenvalue weighted by Gasteiger charge is -2.29. The molecule has 4 aromatic rings. The second-order valence-electron chi connectivity index (χ2n) is 9.22. The zero-order valence-corrected chi connectivity index (χ0v) is 22.3. The van der Waals surface area contributed by atoms with E-state index in [2.05, 4.69) is 46.0 Å². The Morgan fingerprint density at radius 2 is 1.69 bits per heavy atom. The highest BCUT2D eigenvalue weighted by molar-refractivity contribution is 5.93. The Morgan fingerprint density at radius 1 is 0.974 bits per heavy atom. The summed E-state index contributed by atoms with van der Waals surface area (Å²) in [5.74, 6) is 1.60. The van der Waals surface area contributed by atoms with Crippen LogP contribution in [-0.2, 0) is 11.3 Å². The van der Waals surface area contributed by atoms with Crippen molar-refractivity contribution in [2.75, 3.05) is 38.3 Å². The van der Waals surface area contributed by atoms with Crippen molar-refractivity contribution in [3.05, 3.63) is 95.2 Å². The van der Waals surface area contributed by atoms with Crippen LogP contribution in [0.1, 0.15) is 33.3 Å². The molecular weight excluding hydrogens is 496 g/mol. The van der Waals surface area contributed by atoms with Gasteiger partial charge in [0.25, 0.3) is 0 Å². The summed E-state index contributed by atoms with van der Waals surface area (Å²) in [7, 11) is 1.61. The Bertz CT molecular complexity index is 1430. The van der Waals surface area contributed by atoms with E-state index in [0.29, 0.717) is 30.5 Å². The summed E-state index contributed by atoms with van der Waals surface area (Å²) in [6.45, 7) is 7.44. The molecule has 202 valence electrons. The number of carbonyl (C=O) groups excluding carboxylic acids is 1. The van der Waals surface area contributed by atoms with Crippen LogP contribution in [0.3, 0.4) is 0 Å². The maximum Gasteiger partial charge on any atom is 0.307 e. The van der Waals surface area contributed by atoms with Crippen molar-refractivity contribution in [2.45, 2.75) is 20.5 Å². The van der Waals surface area contributed by atoms with Gasteiger partial charge in [0.1, 0.15) is 23.9 Å². The van der Waals surface area contributed by atoms with Gasteiger partial charge in [0.2, 0.25) is 0 Å². The zero-order chi connectivity index (χ0) is 27.2. The van der Waals surface area contributed by atoms with Crippen LogP contribution in [0.15, 0.2) is 76.2 Å². The molecule has 1 N–H and O–H groups in total. The highest BCUT2D eigenvalue weighted by Crippen LogP contribution is 2.25. The third-order valence-electron chi connectivity index (χ3n) is 6.60. The van der Waals surface area contributed by atoms with E-state index in [1.165, 1.54) is 11.4 Å². The normalized spacial score (nSPS) is 13.6. The van der Waals surface area contributed by atoms with Crippen molar-refractivity contribution in [1.82, 2.24) is 9.99 Å². The minimum Gasteiger partial charge on any atom is -0.496 e. The van der Waals surface area contributed by atoms with Crippen molar-refractivity contribution in [3.8, 4) is 17.2 Å². The summed E-state index contributed by atoms with van der Waals surface area (Å²) < 4.78 is 24.6. The molecule has 2 aromatic heterocycles. The minimum absolute atomic E-state index is 0.147. The number of amides is 1.